The van der Waals surface area contributed by atoms with Gasteiger partial charge in [-0.1, -0.05) is 25.4 Å². The number of alkyl halides is 3. The van der Waals surface area contributed by atoms with E-state index in [0.717, 1.165) is 55.0 Å². The number of nitrogens with zero attached hydrogens (tertiary/aromatic N) is 2. The van der Waals surface area contributed by atoms with Crippen molar-refractivity contribution in [2.45, 2.75) is 45.2 Å². The fourth-order valence-electron chi connectivity index (χ4n) is 3.23. The van der Waals surface area contributed by atoms with E-state index in [2.05, 4.69) is 24.3 Å². The first-order valence-corrected chi connectivity index (χ1v) is 8.47. The summed E-state index contributed by atoms with van der Waals surface area (Å²) in [6, 6.07) is 3.33. The molecular formula is C17H19ClF3N3. The Morgan fingerprint density at radius 3 is 2.62 bits per heavy atom. The second-order valence-corrected chi connectivity index (χ2v) is 6.39. The fourth-order valence-corrected chi connectivity index (χ4v) is 3.43. The van der Waals surface area contributed by atoms with E-state index in [4.69, 9.17) is 11.6 Å². The van der Waals surface area contributed by atoms with Gasteiger partial charge in [0, 0.05) is 18.0 Å². The van der Waals surface area contributed by atoms with Crippen LogP contribution in [0.1, 0.15) is 49.4 Å². The average Bonchev–Trinajstić information content (AvgIpc) is 3.11. The summed E-state index contributed by atoms with van der Waals surface area (Å²) in [6.45, 7) is 4.95. The summed E-state index contributed by atoms with van der Waals surface area (Å²) in [7, 11) is 0. The van der Waals surface area contributed by atoms with Crippen molar-refractivity contribution in [3.63, 3.8) is 0 Å². The molecule has 0 radical (unpaired) electrons. The van der Waals surface area contributed by atoms with Gasteiger partial charge >= 0.3 is 6.18 Å². The topological polar surface area (TPSA) is 29.9 Å². The van der Waals surface area contributed by atoms with Crippen LogP contribution < -0.4 is 5.32 Å². The minimum absolute atomic E-state index is 0.248. The lowest BCUT2D eigenvalue weighted by Crippen LogP contribution is -2.10. The Labute approximate surface area is 143 Å². The summed E-state index contributed by atoms with van der Waals surface area (Å²) in [6.07, 6.45) is -1.70. The summed E-state index contributed by atoms with van der Waals surface area (Å²) < 4.78 is 40.7. The Morgan fingerprint density at radius 1 is 1.29 bits per heavy atom. The van der Waals surface area contributed by atoms with E-state index >= 15 is 0 Å². The zero-order chi connectivity index (χ0) is 17.5. The van der Waals surface area contributed by atoms with Crippen LogP contribution in [0.2, 0.25) is 5.02 Å². The van der Waals surface area contributed by atoms with Gasteiger partial charge in [-0.3, -0.25) is 0 Å². The minimum atomic E-state index is -4.42. The number of hydrogen-bond donors (Lipinski definition) is 1. The molecule has 3 rings (SSSR count). The third kappa shape index (κ3) is 2.88. The monoisotopic (exact) mass is 357 g/mol. The van der Waals surface area contributed by atoms with Gasteiger partial charge in [0.15, 0.2) is 0 Å². The Balaban J connectivity index is 2.16. The number of fused-ring (bicyclic) bond motifs is 1. The zero-order valence-electron chi connectivity index (χ0n) is 13.5. The zero-order valence-corrected chi connectivity index (χ0v) is 14.3. The van der Waals surface area contributed by atoms with Crippen LogP contribution in [0.5, 0.6) is 0 Å². The Kier molecular flexibility index (Phi) is 4.51. The molecule has 1 aliphatic heterocycles. The molecule has 2 heterocycles. The van der Waals surface area contributed by atoms with Gasteiger partial charge in [0.25, 0.3) is 0 Å². The van der Waals surface area contributed by atoms with Crippen molar-refractivity contribution >= 4 is 17.4 Å². The summed E-state index contributed by atoms with van der Waals surface area (Å²) in [5.74, 6) is 1.06. The van der Waals surface area contributed by atoms with E-state index in [1.54, 1.807) is 0 Å². The number of nitrogens with one attached hydrogen (secondary N) is 1. The molecule has 24 heavy (non-hydrogen) atoms. The molecule has 130 valence electrons. The van der Waals surface area contributed by atoms with Crippen LogP contribution in [0.25, 0.3) is 5.69 Å². The molecular weight excluding hydrogens is 339 g/mol. The maximum atomic E-state index is 13.0. The molecule has 1 aromatic heterocycles. The Morgan fingerprint density at radius 2 is 2.00 bits per heavy atom. The highest BCUT2D eigenvalue weighted by molar-refractivity contribution is 6.32. The second-order valence-electron chi connectivity index (χ2n) is 5.98. The molecule has 1 aromatic carbocycles. The summed E-state index contributed by atoms with van der Waals surface area (Å²) in [5.41, 5.74) is 1.59. The molecule has 0 spiro atoms. The molecule has 1 aliphatic rings. The molecule has 2 aromatic rings. The molecule has 0 fully saturated rings. The van der Waals surface area contributed by atoms with Gasteiger partial charge in [0.1, 0.15) is 5.82 Å². The highest BCUT2D eigenvalue weighted by Crippen LogP contribution is 2.38. The highest BCUT2D eigenvalue weighted by Gasteiger charge is 2.32. The van der Waals surface area contributed by atoms with Crippen molar-refractivity contribution in [1.82, 2.24) is 9.78 Å². The Hall–Kier alpha value is -1.69. The van der Waals surface area contributed by atoms with Crippen molar-refractivity contribution in [2.75, 3.05) is 11.9 Å². The van der Waals surface area contributed by atoms with Gasteiger partial charge in [-0.2, -0.15) is 18.3 Å². The van der Waals surface area contributed by atoms with Crippen molar-refractivity contribution in [1.29, 1.82) is 0 Å². The van der Waals surface area contributed by atoms with Crippen molar-refractivity contribution in [3.8, 4) is 5.69 Å². The first-order chi connectivity index (χ1) is 11.4. The van der Waals surface area contributed by atoms with E-state index in [0.29, 0.717) is 5.92 Å². The van der Waals surface area contributed by atoms with E-state index in [1.807, 2.05) is 0 Å². The molecule has 0 atom stereocenters. The first kappa shape index (κ1) is 17.1. The SMILES string of the molecule is CCC(CC)c1nn(-c2cc(C(F)(F)F)ccc2Cl)c2c1CCN2. The summed E-state index contributed by atoms with van der Waals surface area (Å²) in [4.78, 5) is 0. The Bertz CT molecular complexity index is 748. The number of hydrogen-bond acceptors (Lipinski definition) is 2. The van der Waals surface area contributed by atoms with E-state index in [-0.39, 0.29) is 10.7 Å². The van der Waals surface area contributed by atoms with E-state index in [1.165, 1.54) is 10.7 Å². The summed E-state index contributed by atoms with van der Waals surface area (Å²) >= 11 is 6.18. The molecule has 1 N–H and O–H groups in total. The number of halogens is 4. The number of anilines is 1. The maximum absolute atomic E-state index is 13.0. The molecule has 0 amide bonds. The van der Waals surface area contributed by atoms with Crippen LogP contribution in [0.3, 0.4) is 0 Å². The van der Waals surface area contributed by atoms with Crippen LogP contribution in [-0.2, 0) is 12.6 Å². The third-order valence-electron chi connectivity index (χ3n) is 4.56. The van der Waals surface area contributed by atoms with E-state index in [9.17, 15) is 13.2 Å². The van der Waals surface area contributed by atoms with Gasteiger partial charge < -0.3 is 5.32 Å². The fraction of sp³-hybridized carbons (Fsp3) is 0.471. The molecule has 0 saturated carbocycles. The smallest absolute Gasteiger partial charge is 0.369 e. The highest BCUT2D eigenvalue weighted by atomic mass is 35.5. The van der Waals surface area contributed by atoms with Crippen molar-refractivity contribution in [2.24, 2.45) is 0 Å². The molecule has 0 unspecified atom stereocenters. The molecule has 0 bridgehead atoms. The van der Waals surface area contributed by atoms with Gasteiger partial charge in [-0.15, -0.1) is 0 Å². The van der Waals surface area contributed by atoms with E-state index < -0.39 is 11.7 Å². The average molecular weight is 358 g/mol. The van der Waals surface area contributed by atoms with Gasteiger partial charge in [0.2, 0.25) is 0 Å². The predicted octanol–water partition coefficient (Wildman–Crippen LogP) is 5.42. The van der Waals surface area contributed by atoms with Crippen molar-refractivity contribution in [3.05, 3.63) is 40.0 Å². The van der Waals surface area contributed by atoms with Gasteiger partial charge in [-0.25, -0.2) is 4.68 Å². The summed E-state index contributed by atoms with van der Waals surface area (Å²) in [5, 5.41) is 8.12. The number of benzene rings is 1. The largest absolute Gasteiger partial charge is 0.416 e. The molecule has 0 aliphatic carbocycles. The lowest BCUT2D eigenvalue weighted by molar-refractivity contribution is -0.137. The van der Waals surface area contributed by atoms with Gasteiger partial charge in [0.05, 0.1) is 22.0 Å². The van der Waals surface area contributed by atoms with Crippen LogP contribution in [0.15, 0.2) is 18.2 Å². The first-order valence-electron chi connectivity index (χ1n) is 8.09. The normalized spacial score (nSPS) is 14.1. The standard InChI is InChI=1S/C17H19ClF3N3/c1-3-10(4-2)15-12-7-8-22-16(12)24(23-15)14-9-11(17(19,20)21)5-6-13(14)18/h5-6,9-10,22H,3-4,7-8H2,1-2H3. The maximum Gasteiger partial charge on any atom is 0.416 e. The molecule has 3 nitrogen and oxygen atoms in total. The second kappa shape index (κ2) is 6.31. The van der Waals surface area contributed by atoms with Gasteiger partial charge in [-0.05, 0) is 37.5 Å². The van der Waals surface area contributed by atoms with Crippen LogP contribution >= 0.6 is 11.6 Å². The lowest BCUT2D eigenvalue weighted by Gasteiger charge is -2.13. The van der Waals surface area contributed by atoms with Crippen LogP contribution in [-0.4, -0.2) is 16.3 Å². The van der Waals surface area contributed by atoms with Crippen LogP contribution in [0, 0.1) is 0 Å². The van der Waals surface area contributed by atoms with Crippen molar-refractivity contribution < 1.29 is 13.2 Å². The molecule has 7 heteroatoms. The molecule has 0 saturated heterocycles. The number of aromatic nitrogens is 2. The minimum Gasteiger partial charge on any atom is -0.369 e. The quantitative estimate of drug-likeness (QED) is 0.792. The number of rotatable bonds is 4. The lowest BCUT2D eigenvalue weighted by atomic mass is 9.96. The predicted molar refractivity (Wildman–Crippen MR) is 89.1 cm³/mol. The van der Waals surface area contributed by atoms with Crippen LogP contribution in [0.4, 0.5) is 19.0 Å². The third-order valence-corrected chi connectivity index (χ3v) is 4.88.